The second-order valence-corrected chi connectivity index (χ2v) is 14.1. The molecule has 2 aliphatic heterocycles. The molecule has 6 rings (SSSR count). The van der Waals surface area contributed by atoms with E-state index in [-0.39, 0.29) is 16.9 Å². The van der Waals surface area contributed by atoms with Gasteiger partial charge in [0.1, 0.15) is 11.4 Å². The summed E-state index contributed by atoms with van der Waals surface area (Å²) in [6, 6.07) is 6.76. The van der Waals surface area contributed by atoms with Crippen LogP contribution in [-0.2, 0) is 13.1 Å². The Bertz CT molecular complexity index is 1950. The van der Waals surface area contributed by atoms with Gasteiger partial charge in [-0.2, -0.15) is 0 Å². The maximum atomic E-state index is 12.8. The highest BCUT2D eigenvalue weighted by Gasteiger charge is 2.31. The lowest BCUT2D eigenvalue weighted by Gasteiger charge is -2.33. The summed E-state index contributed by atoms with van der Waals surface area (Å²) < 4.78 is 2.96. The van der Waals surface area contributed by atoms with Crippen LogP contribution in [0.2, 0.25) is 0 Å². The third-order valence-electron chi connectivity index (χ3n) is 8.93. The van der Waals surface area contributed by atoms with Gasteiger partial charge >= 0.3 is 11.2 Å². The number of nitrogen functional groups attached to an aromatic ring is 1. The van der Waals surface area contributed by atoms with Crippen LogP contribution in [0, 0.1) is 22.0 Å². The summed E-state index contributed by atoms with van der Waals surface area (Å²) in [6.07, 6.45) is 8.13. The number of anilines is 3. The number of aromatic nitrogens is 6. The summed E-state index contributed by atoms with van der Waals surface area (Å²) in [5, 5.41) is 32.2. The SMILES string of the molecule is CC(C)CC(O)CN1CCCn2c1nc(-c1ccncc1)c(N)c2=O.CC(C)CC(O)CN1CCCn2c1nc(-c1ccncc1)c([N+](=O)[O-])c2=O. The minimum absolute atomic E-state index is 0.0314. The van der Waals surface area contributed by atoms with Crippen LogP contribution < -0.4 is 26.7 Å². The summed E-state index contributed by atoms with van der Waals surface area (Å²) in [4.78, 5) is 57.3. The molecule has 4 aromatic heterocycles. The van der Waals surface area contributed by atoms with E-state index in [9.17, 15) is 29.9 Å². The molecule has 16 nitrogen and oxygen atoms in total. The van der Waals surface area contributed by atoms with Crippen LogP contribution in [0.1, 0.15) is 53.4 Å². The van der Waals surface area contributed by atoms with Crippen LogP contribution in [-0.4, -0.2) is 82.6 Å². The molecule has 4 N–H and O–H groups in total. The van der Waals surface area contributed by atoms with Gasteiger partial charge in [-0.1, -0.05) is 27.7 Å². The lowest BCUT2D eigenvalue weighted by atomic mass is 10.1. The average Bonchev–Trinajstić information content (AvgIpc) is 3.10. The van der Waals surface area contributed by atoms with Crippen LogP contribution >= 0.6 is 0 Å². The Kier molecular flexibility index (Phi) is 12.3. The second-order valence-electron chi connectivity index (χ2n) is 14.1. The molecule has 16 heteroatoms. The molecule has 278 valence electrons. The number of hydrogen-bond acceptors (Lipinski definition) is 13. The van der Waals surface area contributed by atoms with Crippen molar-refractivity contribution in [2.24, 2.45) is 11.8 Å². The van der Waals surface area contributed by atoms with Gasteiger partial charge in [0.25, 0.3) is 5.56 Å². The van der Waals surface area contributed by atoms with Gasteiger partial charge in [-0.05, 0) is 61.8 Å². The van der Waals surface area contributed by atoms with Crippen LogP contribution in [0.4, 0.5) is 23.3 Å². The number of pyridine rings is 2. The van der Waals surface area contributed by atoms with Crippen LogP contribution in [0.3, 0.4) is 0 Å². The Hall–Kier alpha value is -5.22. The number of nitro groups is 1. The van der Waals surface area contributed by atoms with E-state index in [4.69, 9.17) is 5.73 Å². The molecule has 0 fully saturated rings. The monoisotopic (exact) mass is 716 g/mol. The minimum Gasteiger partial charge on any atom is -0.392 e. The van der Waals surface area contributed by atoms with Crippen molar-refractivity contribution in [3.63, 3.8) is 0 Å². The highest BCUT2D eigenvalue weighted by molar-refractivity contribution is 5.73. The topological polar surface area (TPSA) is 212 Å². The van der Waals surface area contributed by atoms with Gasteiger partial charge in [-0.15, -0.1) is 0 Å². The van der Waals surface area contributed by atoms with Crippen molar-refractivity contribution in [2.45, 2.75) is 78.7 Å². The predicted molar refractivity (Wildman–Crippen MR) is 199 cm³/mol. The highest BCUT2D eigenvalue weighted by atomic mass is 16.6. The number of rotatable bonds is 11. The maximum absolute atomic E-state index is 12.8. The third kappa shape index (κ3) is 8.80. The maximum Gasteiger partial charge on any atom is 0.360 e. The van der Waals surface area contributed by atoms with E-state index in [0.717, 1.165) is 18.5 Å². The molecule has 0 saturated heterocycles. The van der Waals surface area contributed by atoms with E-state index in [1.54, 1.807) is 41.2 Å². The predicted octanol–water partition coefficient (Wildman–Crippen LogP) is 3.34. The van der Waals surface area contributed by atoms with Gasteiger partial charge in [0, 0.05) is 75.2 Å². The summed E-state index contributed by atoms with van der Waals surface area (Å²) in [5.41, 5.74) is 6.53. The molecule has 0 amide bonds. The first-order chi connectivity index (χ1) is 24.8. The van der Waals surface area contributed by atoms with Crippen LogP contribution in [0.25, 0.3) is 22.5 Å². The van der Waals surface area contributed by atoms with Crippen LogP contribution in [0.15, 0.2) is 58.6 Å². The quantitative estimate of drug-likeness (QED) is 0.150. The fourth-order valence-corrected chi connectivity index (χ4v) is 6.71. The van der Waals surface area contributed by atoms with Crippen molar-refractivity contribution in [3.05, 3.63) is 79.9 Å². The van der Waals surface area contributed by atoms with E-state index in [0.29, 0.717) is 87.0 Å². The van der Waals surface area contributed by atoms with Crippen molar-refractivity contribution in [2.75, 3.05) is 41.7 Å². The standard InChI is InChI=1S/C18H23N5O4.C18H25N5O2/c1-12(2)10-14(24)11-21-8-3-9-22-17(25)16(23(26)27)15(20-18(21)22)13-4-6-19-7-5-13;1-12(2)10-14(24)11-22-8-3-9-23-17(25)15(19)16(21-18(22)23)13-4-6-20-7-5-13/h4-7,12,14,24H,3,8-11H2,1-2H3;4-7,12,14,24H,3,8-11,19H2,1-2H3. The van der Waals surface area contributed by atoms with Crippen molar-refractivity contribution >= 4 is 23.3 Å². The Morgan fingerprint density at radius 2 is 1.15 bits per heavy atom. The number of aliphatic hydroxyl groups excluding tert-OH is 2. The molecule has 0 aromatic carbocycles. The summed E-state index contributed by atoms with van der Waals surface area (Å²) in [5.74, 6) is 1.70. The molecule has 0 aliphatic carbocycles. The molecule has 6 heterocycles. The first-order valence-electron chi connectivity index (χ1n) is 17.7. The van der Waals surface area contributed by atoms with Gasteiger partial charge in [0.05, 0.1) is 17.1 Å². The normalized spacial score (nSPS) is 15.1. The molecule has 2 unspecified atom stereocenters. The fourth-order valence-electron chi connectivity index (χ4n) is 6.71. The van der Waals surface area contributed by atoms with E-state index in [1.165, 1.54) is 17.0 Å². The molecular weight excluding hydrogens is 668 g/mol. The number of β-amino-alcohol motifs (C(OH)–C–C–N with tert-alkyl or cyclic N) is 2. The van der Waals surface area contributed by atoms with Gasteiger partial charge in [-0.25, -0.2) is 9.97 Å². The molecule has 0 spiro atoms. The third-order valence-corrected chi connectivity index (χ3v) is 8.93. The lowest BCUT2D eigenvalue weighted by Crippen LogP contribution is -2.43. The van der Waals surface area contributed by atoms with Gasteiger partial charge in [0.2, 0.25) is 11.9 Å². The summed E-state index contributed by atoms with van der Waals surface area (Å²) in [6.45, 7) is 11.4. The molecule has 0 bridgehead atoms. The first-order valence-corrected chi connectivity index (χ1v) is 17.7. The number of nitrogens with two attached hydrogens (primary N) is 1. The Morgan fingerprint density at radius 1 is 0.731 bits per heavy atom. The van der Waals surface area contributed by atoms with Crippen molar-refractivity contribution in [1.82, 2.24) is 29.1 Å². The molecule has 4 aromatic rings. The number of hydrogen-bond donors (Lipinski definition) is 3. The zero-order valence-electron chi connectivity index (χ0n) is 30.1. The van der Waals surface area contributed by atoms with Gasteiger partial charge in [-0.3, -0.25) is 38.8 Å². The number of nitrogens with zero attached hydrogens (tertiary/aromatic N) is 9. The molecule has 52 heavy (non-hydrogen) atoms. The average molecular weight is 717 g/mol. The zero-order valence-corrected chi connectivity index (χ0v) is 30.1. The molecular formula is C36H48N10O6. The van der Waals surface area contributed by atoms with Crippen molar-refractivity contribution < 1.29 is 15.1 Å². The zero-order chi connectivity index (χ0) is 37.5. The molecule has 2 atom stereocenters. The first kappa shape index (κ1) is 38.0. The summed E-state index contributed by atoms with van der Waals surface area (Å²) in [7, 11) is 0. The minimum atomic E-state index is -0.676. The van der Waals surface area contributed by atoms with Crippen molar-refractivity contribution in [1.29, 1.82) is 0 Å². The largest absolute Gasteiger partial charge is 0.392 e. The fraction of sp³-hybridized carbons (Fsp3) is 0.500. The lowest BCUT2D eigenvalue weighted by molar-refractivity contribution is -0.386. The van der Waals surface area contributed by atoms with E-state index in [1.807, 2.05) is 23.6 Å². The number of aliphatic hydroxyl groups is 2. The van der Waals surface area contributed by atoms with Crippen LogP contribution in [0.5, 0.6) is 0 Å². The smallest absolute Gasteiger partial charge is 0.360 e. The molecule has 0 radical (unpaired) electrons. The van der Waals surface area contributed by atoms with E-state index < -0.39 is 28.4 Å². The summed E-state index contributed by atoms with van der Waals surface area (Å²) >= 11 is 0. The Morgan fingerprint density at radius 3 is 1.60 bits per heavy atom. The van der Waals surface area contributed by atoms with Gasteiger partial charge in [0.15, 0.2) is 5.69 Å². The Balaban J connectivity index is 0.000000202. The number of fused-ring (bicyclic) bond motifs is 2. The van der Waals surface area contributed by atoms with Gasteiger partial charge < -0.3 is 25.7 Å². The molecule has 2 aliphatic rings. The van der Waals surface area contributed by atoms with E-state index in [2.05, 4.69) is 33.8 Å². The Labute approximate surface area is 301 Å². The highest BCUT2D eigenvalue weighted by Crippen LogP contribution is 2.29. The molecule has 0 saturated carbocycles. The second kappa shape index (κ2) is 16.9. The van der Waals surface area contributed by atoms with E-state index >= 15 is 0 Å². The van der Waals surface area contributed by atoms with Crippen molar-refractivity contribution in [3.8, 4) is 22.5 Å².